The van der Waals surface area contributed by atoms with Gasteiger partial charge in [-0.2, -0.15) is 0 Å². The summed E-state index contributed by atoms with van der Waals surface area (Å²) in [7, 11) is -0.848. The third-order valence-corrected chi connectivity index (χ3v) is 6.56. The molecule has 1 saturated carbocycles. The quantitative estimate of drug-likeness (QED) is 0.727. The van der Waals surface area contributed by atoms with Crippen LogP contribution in [0.4, 0.5) is 0 Å². The van der Waals surface area contributed by atoms with Crippen molar-refractivity contribution in [2.45, 2.75) is 23.3 Å². The molecular formula is C19H19N3O4S. The third kappa shape index (κ3) is 3.00. The van der Waals surface area contributed by atoms with Gasteiger partial charge in [0.25, 0.3) is 5.56 Å². The van der Waals surface area contributed by atoms with Crippen LogP contribution >= 0.6 is 0 Å². The highest BCUT2D eigenvalue weighted by molar-refractivity contribution is 7.89. The predicted octanol–water partition coefficient (Wildman–Crippen LogP) is 1.07. The monoisotopic (exact) mass is 385 g/mol. The van der Waals surface area contributed by atoms with E-state index in [4.69, 9.17) is 0 Å². The average molecular weight is 385 g/mol. The molecular weight excluding hydrogens is 366 g/mol. The molecule has 0 saturated heterocycles. The van der Waals surface area contributed by atoms with Crippen LogP contribution in [0.3, 0.4) is 0 Å². The Labute approximate surface area is 155 Å². The molecule has 1 aliphatic rings. The molecule has 0 aliphatic heterocycles. The summed E-state index contributed by atoms with van der Waals surface area (Å²) in [4.78, 5) is 24.4. The summed E-state index contributed by atoms with van der Waals surface area (Å²) in [6.07, 6.45) is 0.743. The van der Waals surface area contributed by atoms with Crippen molar-refractivity contribution in [1.29, 1.82) is 0 Å². The van der Waals surface area contributed by atoms with Crippen LogP contribution in [0.25, 0.3) is 10.9 Å². The number of hydrogen-bond acceptors (Lipinski definition) is 4. The van der Waals surface area contributed by atoms with Crippen molar-refractivity contribution < 1.29 is 8.42 Å². The largest absolute Gasteiger partial charge is 0.330 e. The zero-order valence-corrected chi connectivity index (χ0v) is 15.7. The normalized spacial score (nSPS) is 19.3. The Morgan fingerprint density at radius 2 is 1.70 bits per heavy atom. The summed E-state index contributed by atoms with van der Waals surface area (Å²) in [5, 5.41) is 0.192. The number of aromatic nitrogens is 2. The Balaban J connectivity index is 1.68. The van der Waals surface area contributed by atoms with Gasteiger partial charge >= 0.3 is 5.69 Å². The van der Waals surface area contributed by atoms with E-state index in [1.807, 2.05) is 30.3 Å². The van der Waals surface area contributed by atoms with Crippen molar-refractivity contribution in [2.75, 3.05) is 0 Å². The number of benzene rings is 2. The van der Waals surface area contributed by atoms with Crippen LogP contribution in [0, 0.1) is 0 Å². The molecule has 140 valence electrons. The highest BCUT2D eigenvalue weighted by Gasteiger charge is 2.41. The van der Waals surface area contributed by atoms with Gasteiger partial charge in [0.1, 0.15) is 0 Å². The van der Waals surface area contributed by atoms with Crippen LogP contribution in [-0.4, -0.2) is 23.6 Å². The minimum absolute atomic E-state index is 0.0180. The molecule has 3 aromatic rings. The maximum absolute atomic E-state index is 12.8. The van der Waals surface area contributed by atoms with Crippen LogP contribution in [0.1, 0.15) is 17.9 Å². The molecule has 1 aromatic heterocycles. The lowest BCUT2D eigenvalue weighted by Crippen LogP contribution is -2.37. The molecule has 0 spiro atoms. The third-order valence-electron chi connectivity index (χ3n) is 5.07. The van der Waals surface area contributed by atoms with Gasteiger partial charge in [-0.05, 0) is 30.2 Å². The molecule has 7 nitrogen and oxygen atoms in total. The van der Waals surface area contributed by atoms with E-state index < -0.39 is 21.3 Å². The molecule has 1 heterocycles. The van der Waals surface area contributed by atoms with E-state index in [2.05, 4.69) is 4.72 Å². The van der Waals surface area contributed by atoms with Gasteiger partial charge in [-0.15, -0.1) is 0 Å². The summed E-state index contributed by atoms with van der Waals surface area (Å²) in [6.45, 7) is 0. The molecule has 2 aromatic carbocycles. The van der Waals surface area contributed by atoms with Crippen molar-refractivity contribution in [3.05, 3.63) is 74.9 Å². The van der Waals surface area contributed by atoms with Crippen LogP contribution < -0.4 is 16.0 Å². The zero-order valence-electron chi connectivity index (χ0n) is 14.9. The van der Waals surface area contributed by atoms with E-state index in [9.17, 15) is 18.0 Å². The molecule has 2 atom stereocenters. The molecule has 1 aliphatic carbocycles. The average Bonchev–Trinajstić information content (AvgIpc) is 3.43. The van der Waals surface area contributed by atoms with E-state index >= 15 is 0 Å². The molecule has 8 heteroatoms. The fourth-order valence-electron chi connectivity index (χ4n) is 3.40. The highest BCUT2D eigenvalue weighted by atomic mass is 32.2. The van der Waals surface area contributed by atoms with Gasteiger partial charge in [0, 0.05) is 26.1 Å². The lowest BCUT2D eigenvalue weighted by atomic mass is 10.1. The Kier molecular flexibility index (Phi) is 4.05. The lowest BCUT2D eigenvalue weighted by Gasteiger charge is -2.10. The van der Waals surface area contributed by atoms with E-state index in [0.29, 0.717) is 5.52 Å². The van der Waals surface area contributed by atoms with Gasteiger partial charge in [0.15, 0.2) is 0 Å². The molecule has 1 fully saturated rings. The van der Waals surface area contributed by atoms with Crippen LogP contribution in [0.5, 0.6) is 0 Å². The second kappa shape index (κ2) is 6.17. The number of hydrogen-bond donors (Lipinski definition) is 1. The first kappa shape index (κ1) is 17.7. The van der Waals surface area contributed by atoms with Gasteiger partial charge in [0.2, 0.25) is 10.0 Å². The topological polar surface area (TPSA) is 90.2 Å². The van der Waals surface area contributed by atoms with Crippen molar-refractivity contribution in [3.8, 4) is 0 Å². The van der Waals surface area contributed by atoms with Crippen molar-refractivity contribution in [1.82, 2.24) is 13.9 Å². The molecule has 1 N–H and O–H groups in total. The van der Waals surface area contributed by atoms with Crippen molar-refractivity contribution in [3.63, 3.8) is 0 Å². The van der Waals surface area contributed by atoms with Gasteiger partial charge in [-0.3, -0.25) is 13.9 Å². The Morgan fingerprint density at radius 1 is 1.00 bits per heavy atom. The number of fused-ring (bicyclic) bond motifs is 1. The first-order chi connectivity index (χ1) is 12.8. The van der Waals surface area contributed by atoms with Gasteiger partial charge in [-0.1, -0.05) is 30.3 Å². The minimum Gasteiger partial charge on any atom is -0.296 e. The molecule has 0 amide bonds. The smallest absolute Gasteiger partial charge is 0.296 e. The maximum Gasteiger partial charge on any atom is 0.330 e. The van der Waals surface area contributed by atoms with Gasteiger partial charge in [0.05, 0.1) is 15.8 Å². The number of rotatable bonds is 4. The Bertz CT molecular complexity index is 1260. The Hall–Kier alpha value is -2.71. The summed E-state index contributed by atoms with van der Waals surface area (Å²) in [5.74, 6) is 0.162. The number of nitrogens with one attached hydrogen (secondary N) is 1. The predicted molar refractivity (Wildman–Crippen MR) is 102 cm³/mol. The molecule has 0 unspecified atom stereocenters. The summed E-state index contributed by atoms with van der Waals surface area (Å²) in [5.41, 5.74) is 0.534. The number of nitrogens with zero attached hydrogens (tertiary/aromatic N) is 2. The summed E-state index contributed by atoms with van der Waals surface area (Å²) >= 11 is 0. The lowest BCUT2D eigenvalue weighted by molar-refractivity contribution is 0.580. The minimum atomic E-state index is -3.77. The fraction of sp³-hybridized carbons (Fsp3) is 0.263. The molecule has 27 heavy (non-hydrogen) atoms. The fourth-order valence-corrected chi connectivity index (χ4v) is 4.72. The zero-order chi connectivity index (χ0) is 19.3. The molecule has 4 rings (SSSR count). The van der Waals surface area contributed by atoms with Gasteiger partial charge < -0.3 is 0 Å². The van der Waals surface area contributed by atoms with Crippen LogP contribution in [-0.2, 0) is 24.1 Å². The van der Waals surface area contributed by atoms with E-state index in [1.165, 1.54) is 29.8 Å². The summed E-state index contributed by atoms with van der Waals surface area (Å²) < 4.78 is 30.5. The second-order valence-electron chi connectivity index (χ2n) is 6.87. The van der Waals surface area contributed by atoms with E-state index in [1.54, 1.807) is 7.05 Å². The van der Waals surface area contributed by atoms with Gasteiger partial charge in [-0.25, -0.2) is 17.9 Å². The molecule has 0 radical (unpaired) electrons. The van der Waals surface area contributed by atoms with E-state index in [0.717, 1.165) is 16.6 Å². The number of aryl methyl sites for hydroxylation is 1. The van der Waals surface area contributed by atoms with Crippen molar-refractivity contribution in [2.24, 2.45) is 14.1 Å². The number of sulfonamides is 1. The summed E-state index contributed by atoms with van der Waals surface area (Å²) in [6, 6.07) is 13.9. The van der Waals surface area contributed by atoms with E-state index in [-0.39, 0.29) is 22.2 Å². The molecule has 0 bridgehead atoms. The second-order valence-corrected chi connectivity index (χ2v) is 8.58. The first-order valence-corrected chi connectivity index (χ1v) is 10.0. The van der Waals surface area contributed by atoms with Crippen LogP contribution in [0.15, 0.2) is 63.0 Å². The van der Waals surface area contributed by atoms with Crippen molar-refractivity contribution >= 4 is 20.9 Å². The Morgan fingerprint density at radius 3 is 2.41 bits per heavy atom. The standard InChI is InChI=1S/C19H19N3O4S/c1-21-17-9-8-13(10-15(17)18(23)22(2)19(21)24)27(25,26)20-16-11-14(16)12-6-4-3-5-7-12/h3-10,14,16,20H,11H2,1-2H3/t14-,16-/m1/s1. The SMILES string of the molecule is Cn1c(=O)c2cc(S(=O)(=O)N[C@@H]3C[C@@H]3c3ccccc3)ccc2n(C)c1=O. The first-order valence-electron chi connectivity index (χ1n) is 8.56. The highest BCUT2D eigenvalue weighted by Crippen LogP contribution is 2.41. The maximum atomic E-state index is 12.8. The van der Waals surface area contributed by atoms with Crippen LogP contribution in [0.2, 0.25) is 0 Å².